The number of carbonyl (C=O) groups is 2. The summed E-state index contributed by atoms with van der Waals surface area (Å²) in [6.07, 6.45) is 5.45. The Balaban J connectivity index is 1.65. The van der Waals surface area contributed by atoms with Gasteiger partial charge in [0.25, 0.3) is 5.91 Å². The molecular weight excluding hydrogens is 521 g/mol. The number of amides is 2. The highest BCUT2D eigenvalue weighted by molar-refractivity contribution is 6.31. The third-order valence-electron chi connectivity index (χ3n) is 6.54. The second-order valence-electron chi connectivity index (χ2n) is 9.22. The van der Waals surface area contributed by atoms with Gasteiger partial charge in [-0.05, 0) is 43.2 Å². The lowest BCUT2D eigenvalue weighted by atomic mass is 9.96. The molecule has 3 aromatic rings. The van der Waals surface area contributed by atoms with Gasteiger partial charge in [-0.25, -0.2) is 4.39 Å². The molecule has 2 aromatic carbocycles. The number of carbonyl (C=O) groups excluding carboxylic acids is 2. The SMILES string of the molecule is CNc1ccc2c(c1)NC(=O)C(C)CCCC(NC(=O)/C(C=N)=C/Nc1cccc(Cl)c1F)c1cc-2cnn1. The Morgan fingerprint density at radius 1 is 1.23 bits per heavy atom. The lowest BCUT2D eigenvalue weighted by Gasteiger charge is -2.22. The van der Waals surface area contributed by atoms with Crippen LogP contribution in [-0.2, 0) is 9.59 Å². The van der Waals surface area contributed by atoms with Crippen molar-refractivity contribution in [3.05, 3.63) is 77.0 Å². The van der Waals surface area contributed by atoms with Crippen LogP contribution in [0.15, 0.2) is 60.4 Å². The first-order chi connectivity index (χ1) is 18.8. The molecule has 0 radical (unpaired) electrons. The minimum atomic E-state index is -0.660. The Kier molecular flexibility index (Phi) is 8.88. The topological polar surface area (TPSA) is 132 Å². The summed E-state index contributed by atoms with van der Waals surface area (Å²) in [5, 5.41) is 27.9. The largest absolute Gasteiger partial charge is 0.388 e. The summed E-state index contributed by atoms with van der Waals surface area (Å²) in [6, 6.07) is 11.4. The number of halogens is 2. The first-order valence-corrected chi connectivity index (χ1v) is 12.9. The van der Waals surface area contributed by atoms with Crippen molar-refractivity contribution in [3.63, 3.8) is 0 Å². The predicted octanol–water partition coefficient (Wildman–Crippen LogP) is 5.54. The van der Waals surface area contributed by atoms with Crippen LogP contribution in [0.5, 0.6) is 0 Å². The lowest BCUT2D eigenvalue weighted by molar-refractivity contribution is -0.120. The van der Waals surface area contributed by atoms with Gasteiger partial charge >= 0.3 is 0 Å². The molecule has 2 amide bonds. The van der Waals surface area contributed by atoms with Crippen molar-refractivity contribution in [1.29, 1.82) is 5.41 Å². The van der Waals surface area contributed by atoms with E-state index in [0.29, 0.717) is 30.6 Å². The van der Waals surface area contributed by atoms with Gasteiger partial charge in [0, 0.05) is 42.2 Å². The Hall–Kier alpha value is -4.31. The fourth-order valence-corrected chi connectivity index (χ4v) is 4.42. The van der Waals surface area contributed by atoms with Gasteiger partial charge in [-0.1, -0.05) is 37.1 Å². The number of anilines is 3. The molecule has 2 atom stereocenters. The molecule has 202 valence electrons. The fraction of sp³-hybridized carbons (Fsp3) is 0.250. The standard InChI is InChI=1S/C28H29ClFN7O2/c1-16-5-3-7-22(35-28(39)18(13-31)14-33-23-8-4-6-21(29)26(23)30)25-11-17(15-34-37-25)20-10-9-19(32-2)12-24(20)36-27(16)38/h4,6,8-16,22,31-33H,3,5,7H2,1-2H3,(H,35,39)(H,36,38)/b18-14+,31-13?. The number of hydrogen-bond acceptors (Lipinski definition) is 7. The maximum atomic E-state index is 14.2. The van der Waals surface area contributed by atoms with Gasteiger partial charge in [-0.15, -0.1) is 0 Å². The van der Waals surface area contributed by atoms with Crippen molar-refractivity contribution in [2.45, 2.75) is 32.2 Å². The van der Waals surface area contributed by atoms with Gasteiger partial charge < -0.3 is 26.7 Å². The minimum Gasteiger partial charge on any atom is -0.388 e. The van der Waals surface area contributed by atoms with Crippen molar-refractivity contribution >= 4 is 46.7 Å². The molecule has 1 aliphatic rings. The first-order valence-electron chi connectivity index (χ1n) is 12.5. The quantitative estimate of drug-likeness (QED) is 0.203. The molecule has 1 aliphatic heterocycles. The summed E-state index contributed by atoms with van der Waals surface area (Å²) in [6.45, 7) is 1.87. The van der Waals surface area contributed by atoms with Crippen molar-refractivity contribution < 1.29 is 14.0 Å². The zero-order valence-corrected chi connectivity index (χ0v) is 22.3. The Labute approximate surface area is 230 Å². The van der Waals surface area contributed by atoms with Crippen LogP contribution in [0.1, 0.15) is 37.9 Å². The number of rotatable bonds is 6. The summed E-state index contributed by atoms with van der Waals surface area (Å²) < 4.78 is 14.2. The van der Waals surface area contributed by atoms with E-state index in [-0.39, 0.29) is 28.1 Å². The normalized spacial score (nSPS) is 17.5. The summed E-state index contributed by atoms with van der Waals surface area (Å²) in [5.74, 6) is -1.56. The Morgan fingerprint density at radius 2 is 2.05 bits per heavy atom. The second-order valence-corrected chi connectivity index (χ2v) is 9.62. The van der Waals surface area contributed by atoms with Gasteiger partial charge in [0.05, 0.1) is 39.9 Å². The smallest absolute Gasteiger partial charge is 0.254 e. The zero-order valence-electron chi connectivity index (χ0n) is 21.5. The van der Waals surface area contributed by atoms with E-state index < -0.39 is 17.8 Å². The van der Waals surface area contributed by atoms with Crippen molar-refractivity contribution in [3.8, 4) is 11.1 Å². The van der Waals surface area contributed by atoms with E-state index in [1.54, 1.807) is 19.3 Å². The first kappa shape index (κ1) is 27.7. The molecule has 0 saturated carbocycles. The van der Waals surface area contributed by atoms with E-state index in [1.807, 2.05) is 31.2 Å². The second kappa shape index (κ2) is 12.5. The average molecular weight is 550 g/mol. The molecule has 9 nitrogen and oxygen atoms in total. The predicted molar refractivity (Wildman–Crippen MR) is 151 cm³/mol. The third-order valence-corrected chi connectivity index (χ3v) is 6.83. The van der Waals surface area contributed by atoms with E-state index in [0.717, 1.165) is 23.0 Å². The van der Waals surface area contributed by atoms with Gasteiger partial charge in [0.2, 0.25) is 5.91 Å². The van der Waals surface area contributed by atoms with Gasteiger partial charge in [-0.3, -0.25) is 9.59 Å². The minimum absolute atomic E-state index is 0.0257. The van der Waals surface area contributed by atoms with Crippen LogP contribution < -0.4 is 21.3 Å². The van der Waals surface area contributed by atoms with Crippen LogP contribution in [0.2, 0.25) is 5.02 Å². The van der Waals surface area contributed by atoms with Crippen molar-refractivity contribution in [2.24, 2.45) is 5.92 Å². The monoisotopic (exact) mass is 549 g/mol. The van der Waals surface area contributed by atoms with E-state index >= 15 is 0 Å². The number of nitrogens with zero attached hydrogens (tertiary/aromatic N) is 2. The number of nitrogens with one attached hydrogen (secondary N) is 5. The lowest BCUT2D eigenvalue weighted by Crippen LogP contribution is -2.31. The molecule has 39 heavy (non-hydrogen) atoms. The molecule has 0 saturated heterocycles. The van der Waals surface area contributed by atoms with Gasteiger partial charge in [0.1, 0.15) is 0 Å². The van der Waals surface area contributed by atoms with Crippen molar-refractivity contribution in [1.82, 2.24) is 15.5 Å². The third kappa shape index (κ3) is 6.58. The number of benzene rings is 2. The molecule has 2 bridgehead atoms. The van der Waals surface area contributed by atoms with Crippen molar-refractivity contribution in [2.75, 3.05) is 23.0 Å². The maximum absolute atomic E-state index is 14.2. The van der Waals surface area contributed by atoms with E-state index in [4.69, 9.17) is 17.0 Å². The summed E-state index contributed by atoms with van der Waals surface area (Å²) in [7, 11) is 1.80. The van der Waals surface area contributed by atoms with E-state index in [2.05, 4.69) is 31.5 Å². The highest BCUT2D eigenvalue weighted by atomic mass is 35.5. The molecule has 11 heteroatoms. The van der Waals surface area contributed by atoms with Crippen LogP contribution in [0.25, 0.3) is 11.1 Å². The molecule has 5 N–H and O–H groups in total. The van der Waals surface area contributed by atoms with Crippen LogP contribution in [0.4, 0.5) is 21.5 Å². The molecule has 1 aromatic heterocycles. The molecule has 0 fully saturated rings. The molecule has 4 rings (SSSR count). The van der Waals surface area contributed by atoms with E-state index in [9.17, 15) is 14.0 Å². The summed E-state index contributed by atoms with van der Waals surface area (Å²) in [4.78, 5) is 26.1. The molecule has 2 unspecified atom stereocenters. The van der Waals surface area contributed by atoms with Crippen LogP contribution in [0.3, 0.4) is 0 Å². The number of fused-ring (bicyclic) bond motifs is 4. The fourth-order valence-electron chi connectivity index (χ4n) is 4.25. The Morgan fingerprint density at radius 3 is 2.82 bits per heavy atom. The maximum Gasteiger partial charge on any atom is 0.254 e. The molecular formula is C28H29ClFN7O2. The molecule has 0 aliphatic carbocycles. The zero-order chi connectivity index (χ0) is 27.9. The highest BCUT2D eigenvalue weighted by Crippen LogP contribution is 2.33. The molecule has 2 heterocycles. The summed E-state index contributed by atoms with van der Waals surface area (Å²) in [5.41, 5.74) is 3.58. The van der Waals surface area contributed by atoms with Crippen LogP contribution in [-0.4, -0.2) is 35.3 Å². The van der Waals surface area contributed by atoms with Crippen LogP contribution >= 0.6 is 11.6 Å². The van der Waals surface area contributed by atoms with E-state index in [1.165, 1.54) is 18.3 Å². The number of hydrogen-bond donors (Lipinski definition) is 5. The van der Waals surface area contributed by atoms with Gasteiger partial charge in [-0.2, -0.15) is 10.2 Å². The summed E-state index contributed by atoms with van der Waals surface area (Å²) >= 11 is 5.83. The molecule has 0 spiro atoms. The van der Waals surface area contributed by atoms with Crippen LogP contribution in [0, 0.1) is 17.1 Å². The van der Waals surface area contributed by atoms with Gasteiger partial charge in [0.15, 0.2) is 5.82 Å². The highest BCUT2D eigenvalue weighted by Gasteiger charge is 2.23. The number of aromatic nitrogens is 2. The average Bonchev–Trinajstić information content (AvgIpc) is 2.94. The Bertz CT molecular complexity index is 1430.